The Hall–Kier alpha value is -3.64. The van der Waals surface area contributed by atoms with Crippen molar-refractivity contribution in [2.75, 3.05) is 12.4 Å². The summed E-state index contributed by atoms with van der Waals surface area (Å²) >= 11 is 6.24. The van der Waals surface area contributed by atoms with E-state index in [1.165, 1.54) is 25.3 Å². The standard InChI is InChI=1S/C24H18ClFN2O3/c1-31-20-12-5-3-10-18(20)21-22(27-17-9-6-8-16(26)13-17)24(30)28(23(21)29)14-15-7-2-4-11-19(15)25/h2-13,27H,14H2,1H3. The summed E-state index contributed by atoms with van der Waals surface area (Å²) in [4.78, 5) is 27.8. The Morgan fingerprint density at radius 3 is 2.45 bits per heavy atom. The van der Waals surface area contributed by atoms with Crippen LogP contribution in [0.25, 0.3) is 5.57 Å². The van der Waals surface area contributed by atoms with Crippen LogP contribution in [0.2, 0.25) is 5.02 Å². The number of carbonyl (C=O) groups is 2. The van der Waals surface area contributed by atoms with Crippen molar-refractivity contribution in [2.24, 2.45) is 0 Å². The Kier molecular flexibility index (Phi) is 5.73. The number of rotatable bonds is 6. The van der Waals surface area contributed by atoms with Gasteiger partial charge in [0.1, 0.15) is 17.3 Å². The zero-order valence-corrected chi connectivity index (χ0v) is 17.3. The average molecular weight is 437 g/mol. The molecule has 0 fully saturated rings. The summed E-state index contributed by atoms with van der Waals surface area (Å²) in [5.74, 6) is -1.05. The number of benzene rings is 3. The molecule has 4 rings (SSSR count). The summed E-state index contributed by atoms with van der Waals surface area (Å²) < 4.78 is 19.1. The lowest BCUT2D eigenvalue weighted by molar-refractivity contribution is -0.137. The largest absolute Gasteiger partial charge is 0.496 e. The van der Waals surface area contributed by atoms with Gasteiger partial charge in [0.2, 0.25) is 0 Å². The van der Waals surface area contributed by atoms with Crippen molar-refractivity contribution in [3.05, 3.63) is 100 Å². The number of carbonyl (C=O) groups excluding carboxylic acids is 2. The molecule has 31 heavy (non-hydrogen) atoms. The predicted octanol–water partition coefficient (Wildman–Crippen LogP) is 4.88. The number of halogens is 2. The van der Waals surface area contributed by atoms with Crippen LogP contribution in [-0.2, 0) is 16.1 Å². The molecule has 0 saturated carbocycles. The van der Waals surface area contributed by atoms with Gasteiger partial charge in [0.25, 0.3) is 11.8 Å². The number of hydrogen-bond acceptors (Lipinski definition) is 4. The number of hydrogen-bond donors (Lipinski definition) is 1. The Bertz CT molecular complexity index is 1210. The van der Waals surface area contributed by atoms with E-state index >= 15 is 0 Å². The lowest BCUT2D eigenvalue weighted by Gasteiger charge is -2.16. The highest BCUT2D eigenvalue weighted by molar-refractivity contribution is 6.37. The molecule has 0 bridgehead atoms. The van der Waals surface area contributed by atoms with Gasteiger partial charge in [0.15, 0.2) is 0 Å². The summed E-state index contributed by atoms with van der Waals surface area (Å²) in [6.45, 7) is 0.00429. The molecule has 0 aliphatic carbocycles. The topological polar surface area (TPSA) is 58.6 Å². The van der Waals surface area contributed by atoms with E-state index < -0.39 is 17.6 Å². The molecule has 2 amide bonds. The van der Waals surface area contributed by atoms with Crippen molar-refractivity contribution in [2.45, 2.75) is 6.54 Å². The molecule has 0 saturated heterocycles. The van der Waals surface area contributed by atoms with E-state index in [9.17, 15) is 14.0 Å². The maximum atomic E-state index is 13.7. The quantitative estimate of drug-likeness (QED) is 0.559. The summed E-state index contributed by atoms with van der Waals surface area (Å²) in [6, 6.07) is 19.6. The monoisotopic (exact) mass is 436 g/mol. The molecule has 1 heterocycles. The number of nitrogens with zero attached hydrogens (tertiary/aromatic N) is 1. The third-order valence-corrected chi connectivity index (χ3v) is 5.29. The van der Waals surface area contributed by atoms with Crippen LogP contribution in [0, 0.1) is 5.82 Å². The van der Waals surface area contributed by atoms with Gasteiger partial charge in [0, 0.05) is 16.3 Å². The summed E-state index contributed by atoms with van der Waals surface area (Å²) in [5, 5.41) is 3.38. The third kappa shape index (κ3) is 4.02. The molecule has 3 aromatic carbocycles. The molecular weight excluding hydrogens is 419 g/mol. The highest BCUT2D eigenvalue weighted by Gasteiger charge is 2.40. The zero-order valence-electron chi connectivity index (χ0n) is 16.6. The lowest BCUT2D eigenvalue weighted by Crippen LogP contribution is -2.32. The second kappa shape index (κ2) is 8.62. The number of ether oxygens (including phenoxy) is 1. The molecular formula is C24H18ClFN2O3. The van der Waals surface area contributed by atoms with Crippen LogP contribution in [0.3, 0.4) is 0 Å². The first-order chi connectivity index (χ1) is 15.0. The molecule has 0 radical (unpaired) electrons. The second-order valence-corrected chi connectivity index (χ2v) is 7.28. The zero-order chi connectivity index (χ0) is 22.0. The fourth-order valence-corrected chi connectivity index (χ4v) is 3.64. The van der Waals surface area contributed by atoms with Crippen LogP contribution < -0.4 is 10.1 Å². The first kappa shape index (κ1) is 20.6. The van der Waals surface area contributed by atoms with Gasteiger partial charge < -0.3 is 10.1 Å². The molecule has 0 spiro atoms. The van der Waals surface area contributed by atoms with Crippen LogP contribution in [0.1, 0.15) is 11.1 Å². The van der Waals surface area contributed by atoms with Gasteiger partial charge >= 0.3 is 0 Å². The van der Waals surface area contributed by atoms with Crippen molar-refractivity contribution in [3.63, 3.8) is 0 Å². The maximum Gasteiger partial charge on any atom is 0.278 e. The summed E-state index contributed by atoms with van der Waals surface area (Å²) in [5.41, 5.74) is 1.65. The molecule has 156 valence electrons. The molecule has 1 N–H and O–H groups in total. The molecule has 3 aromatic rings. The highest BCUT2D eigenvalue weighted by atomic mass is 35.5. The van der Waals surface area contributed by atoms with Crippen LogP contribution in [0.15, 0.2) is 78.5 Å². The Morgan fingerprint density at radius 2 is 1.71 bits per heavy atom. The fourth-order valence-electron chi connectivity index (χ4n) is 3.44. The van der Waals surface area contributed by atoms with Crippen molar-refractivity contribution in [1.29, 1.82) is 0 Å². The highest BCUT2D eigenvalue weighted by Crippen LogP contribution is 2.36. The minimum Gasteiger partial charge on any atom is -0.496 e. The number of nitrogens with one attached hydrogen (secondary N) is 1. The smallest absolute Gasteiger partial charge is 0.278 e. The fraction of sp³-hybridized carbons (Fsp3) is 0.0833. The van der Waals surface area contributed by atoms with E-state index in [-0.39, 0.29) is 17.8 Å². The van der Waals surface area contributed by atoms with E-state index in [0.717, 1.165) is 4.90 Å². The molecule has 0 unspecified atom stereocenters. The van der Waals surface area contributed by atoms with Gasteiger partial charge in [-0.25, -0.2) is 4.39 Å². The van der Waals surface area contributed by atoms with Gasteiger partial charge in [-0.05, 0) is 35.9 Å². The second-order valence-electron chi connectivity index (χ2n) is 6.87. The first-order valence-corrected chi connectivity index (χ1v) is 9.87. The van der Waals surface area contributed by atoms with Gasteiger partial charge in [-0.15, -0.1) is 0 Å². The van der Waals surface area contributed by atoms with E-state index in [4.69, 9.17) is 16.3 Å². The van der Waals surface area contributed by atoms with E-state index in [1.807, 2.05) is 0 Å². The Balaban J connectivity index is 1.80. The normalized spacial score (nSPS) is 13.7. The summed E-state index contributed by atoms with van der Waals surface area (Å²) in [7, 11) is 1.49. The third-order valence-electron chi connectivity index (χ3n) is 4.92. The molecule has 5 nitrogen and oxygen atoms in total. The molecule has 7 heteroatoms. The minimum atomic E-state index is -0.532. The van der Waals surface area contributed by atoms with E-state index in [1.54, 1.807) is 54.6 Å². The van der Waals surface area contributed by atoms with Crippen LogP contribution in [0.5, 0.6) is 5.75 Å². The van der Waals surface area contributed by atoms with Crippen molar-refractivity contribution in [1.82, 2.24) is 4.90 Å². The van der Waals surface area contributed by atoms with E-state index in [0.29, 0.717) is 27.6 Å². The van der Waals surface area contributed by atoms with Crippen molar-refractivity contribution in [3.8, 4) is 5.75 Å². The number of imide groups is 1. The van der Waals surface area contributed by atoms with Gasteiger partial charge in [-0.2, -0.15) is 0 Å². The summed E-state index contributed by atoms with van der Waals surface area (Å²) in [6.07, 6.45) is 0. The molecule has 1 aliphatic heterocycles. The molecule has 1 aliphatic rings. The van der Waals surface area contributed by atoms with Crippen LogP contribution >= 0.6 is 11.6 Å². The van der Waals surface area contributed by atoms with Gasteiger partial charge in [0.05, 0.1) is 19.2 Å². The number of anilines is 1. The van der Waals surface area contributed by atoms with E-state index in [2.05, 4.69) is 5.32 Å². The van der Waals surface area contributed by atoms with Gasteiger partial charge in [-0.1, -0.05) is 54.1 Å². The number of amides is 2. The maximum absolute atomic E-state index is 13.7. The Labute approximate surface area is 183 Å². The first-order valence-electron chi connectivity index (χ1n) is 9.49. The van der Waals surface area contributed by atoms with Gasteiger partial charge in [-0.3, -0.25) is 14.5 Å². The lowest BCUT2D eigenvalue weighted by atomic mass is 10.0. The van der Waals surface area contributed by atoms with Crippen LogP contribution in [0.4, 0.5) is 10.1 Å². The predicted molar refractivity (Wildman–Crippen MR) is 117 cm³/mol. The number of para-hydroxylation sites is 1. The Morgan fingerprint density at radius 1 is 0.968 bits per heavy atom. The average Bonchev–Trinajstić information content (AvgIpc) is 2.99. The molecule has 0 atom stereocenters. The van der Waals surface area contributed by atoms with Crippen LogP contribution in [-0.4, -0.2) is 23.8 Å². The minimum absolute atomic E-state index is 0.00429. The molecule has 0 aromatic heterocycles. The SMILES string of the molecule is COc1ccccc1C1=C(Nc2cccc(F)c2)C(=O)N(Cc2ccccc2Cl)C1=O. The van der Waals surface area contributed by atoms with Crippen molar-refractivity contribution < 1.29 is 18.7 Å². The van der Waals surface area contributed by atoms with Crippen molar-refractivity contribution >= 4 is 34.7 Å². The number of methoxy groups -OCH3 is 1.